The molecule has 2 aliphatic rings. The van der Waals surface area contributed by atoms with E-state index in [2.05, 4.69) is 25.9 Å². The second kappa shape index (κ2) is 6.45. The van der Waals surface area contributed by atoms with Crippen LogP contribution < -0.4 is 5.53 Å². The molecule has 2 aliphatic heterocycles. The van der Waals surface area contributed by atoms with Crippen LogP contribution >= 0.6 is 0 Å². The van der Waals surface area contributed by atoms with Gasteiger partial charge in [-0.1, -0.05) is 5.22 Å². The number of benzene rings is 1. The Morgan fingerprint density at radius 1 is 1.36 bits per heavy atom. The van der Waals surface area contributed by atoms with Gasteiger partial charge in [-0.25, -0.2) is 0 Å². The van der Waals surface area contributed by atoms with Gasteiger partial charge >= 0.3 is 0 Å². The predicted molar refractivity (Wildman–Crippen MR) is 76.7 cm³/mol. The number of nitrogens with zero attached hydrogens (tertiary/aromatic N) is 6. The molecular weight excluding hydrogens is 290 g/mol. The summed E-state index contributed by atoms with van der Waals surface area (Å²) in [5.74, 6) is 0. The number of nitrogens with one attached hydrogen (secondary N) is 1. The quantitative estimate of drug-likeness (QED) is 0.499. The number of hydrazone groups is 1. The van der Waals surface area contributed by atoms with E-state index in [0.29, 0.717) is 13.2 Å². The highest BCUT2D eigenvalue weighted by Crippen LogP contribution is 2.14. The van der Waals surface area contributed by atoms with Gasteiger partial charge in [-0.05, 0) is 17.7 Å². The molecule has 1 fully saturated rings. The number of nitro groups is 1. The number of non-ortho nitro benzene ring substituents is 1. The zero-order valence-electron chi connectivity index (χ0n) is 11.7. The van der Waals surface area contributed by atoms with Crippen molar-refractivity contribution in [3.8, 4) is 0 Å². The van der Waals surface area contributed by atoms with Crippen molar-refractivity contribution in [2.45, 2.75) is 6.29 Å². The lowest BCUT2D eigenvalue weighted by atomic mass is 10.2. The molecule has 0 saturated carbocycles. The van der Waals surface area contributed by atoms with Crippen LogP contribution in [0.1, 0.15) is 5.56 Å². The zero-order chi connectivity index (χ0) is 15.4. The summed E-state index contributed by atoms with van der Waals surface area (Å²) in [5.41, 5.74) is 3.51. The maximum Gasteiger partial charge on any atom is 0.269 e. The summed E-state index contributed by atoms with van der Waals surface area (Å²) in [6.07, 6.45) is 1.29. The number of rotatable bonds is 4. The molecule has 1 unspecified atom stereocenters. The SMILES string of the molecule is O=[N+]([O-])c1ccc(/C=N/N2NN=NC2N2CCOCC2)cc1. The van der Waals surface area contributed by atoms with Crippen molar-refractivity contribution < 1.29 is 9.66 Å². The van der Waals surface area contributed by atoms with Crippen molar-refractivity contribution in [2.24, 2.45) is 15.4 Å². The van der Waals surface area contributed by atoms with Crippen LogP contribution in [0.4, 0.5) is 5.69 Å². The number of nitro benzene ring substituents is 1. The van der Waals surface area contributed by atoms with Crippen LogP contribution in [0.3, 0.4) is 0 Å². The largest absolute Gasteiger partial charge is 0.379 e. The van der Waals surface area contributed by atoms with E-state index in [9.17, 15) is 10.1 Å². The molecule has 1 atom stereocenters. The molecule has 0 radical (unpaired) electrons. The molecule has 22 heavy (non-hydrogen) atoms. The number of hydrogen-bond acceptors (Lipinski definition) is 9. The fourth-order valence-electron chi connectivity index (χ4n) is 2.16. The maximum absolute atomic E-state index is 10.6. The summed E-state index contributed by atoms with van der Waals surface area (Å²) in [4.78, 5) is 12.3. The van der Waals surface area contributed by atoms with Crippen molar-refractivity contribution in [1.29, 1.82) is 0 Å². The molecule has 1 aromatic rings. The van der Waals surface area contributed by atoms with Crippen LogP contribution in [-0.2, 0) is 4.74 Å². The van der Waals surface area contributed by atoms with Crippen molar-refractivity contribution in [1.82, 2.24) is 15.6 Å². The summed E-state index contributed by atoms with van der Waals surface area (Å²) >= 11 is 0. The highest BCUT2D eigenvalue weighted by atomic mass is 16.6. The average molecular weight is 305 g/mol. The lowest BCUT2D eigenvalue weighted by Crippen LogP contribution is -2.50. The van der Waals surface area contributed by atoms with Gasteiger partial charge in [-0.2, -0.15) is 10.6 Å². The summed E-state index contributed by atoms with van der Waals surface area (Å²) in [6, 6.07) is 6.14. The molecule has 1 aromatic carbocycles. The minimum Gasteiger partial charge on any atom is -0.379 e. The van der Waals surface area contributed by atoms with Gasteiger partial charge in [0, 0.05) is 25.2 Å². The Balaban J connectivity index is 1.64. The fraction of sp³-hybridized carbons (Fsp3) is 0.417. The van der Waals surface area contributed by atoms with Crippen LogP contribution in [0.2, 0.25) is 0 Å². The van der Waals surface area contributed by atoms with Crippen LogP contribution in [-0.4, -0.2) is 53.7 Å². The number of hydrazine groups is 1. The normalized spacial score (nSPS) is 22.2. The van der Waals surface area contributed by atoms with E-state index in [4.69, 9.17) is 4.74 Å². The van der Waals surface area contributed by atoms with Gasteiger partial charge in [0.2, 0.25) is 6.29 Å². The molecule has 116 valence electrons. The van der Waals surface area contributed by atoms with Gasteiger partial charge in [0.15, 0.2) is 0 Å². The first-order valence-electron chi connectivity index (χ1n) is 6.79. The molecule has 0 spiro atoms. The van der Waals surface area contributed by atoms with E-state index in [1.54, 1.807) is 18.3 Å². The number of ether oxygens (including phenoxy) is 1. The molecule has 1 N–H and O–H groups in total. The third kappa shape index (κ3) is 3.18. The second-order valence-electron chi connectivity index (χ2n) is 4.75. The van der Waals surface area contributed by atoms with Gasteiger partial charge in [-0.15, -0.1) is 10.2 Å². The molecule has 10 nitrogen and oxygen atoms in total. The number of hydrogen-bond donors (Lipinski definition) is 1. The van der Waals surface area contributed by atoms with Crippen LogP contribution in [0.15, 0.2) is 39.7 Å². The molecule has 2 heterocycles. The van der Waals surface area contributed by atoms with Crippen molar-refractivity contribution in [2.75, 3.05) is 26.3 Å². The van der Waals surface area contributed by atoms with Crippen molar-refractivity contribution in [3.05, 3.63) is 39.9 Å². The minimum absolute atomic E-state index is 0.0487. The Morgan fingerprint density at radius 2 is 2.09 bits per heavy atom. The fourth-order valence-corrected chi connectivity index (χ4v) is 2.16. The van der Waals surface area contributed by atoms with E-state index in [-0.39, 0.29) is 12.0 Å². The predicted octanol–water partition coefficient (Wildman–Crippen LogP) is 0.732. The smallest absolute Gasteiger partial charge is 0.269 e. The topological polar surface area (TPSA) is 108 Å². The molecular formula is C12H15N7O3. The summed E-state index contributed by atoms with van der Waals surface area (Å²) in [5, 5.41) is 24.3. The Kier molecular flexibility index (Phi) is 4.21. The Labute approximate surface area is 126 Å². The Morgan fingerprint density at radius 3 is 2.77 bits per heavy atom. The van der Waals surface area contributed by atoms with Gasteiger partial charge in [0.05, 0.1) is 24.4 Å². The minimum atomic E-state index is -0.435. The van der Waals surface area contributed by atoms with E-state index >= 15 is 0 Å². The van der Waals surface area contributed by atoms with E-state index in [0.717, 1.165) is 18.7 Å². The van der Waals surface area contributed by atoms with E-state index in [1.165, 1.54) is 17.3 Å². The summed E-state index contributed by atoms with van der Waals surface area (Å²) in [6.45, 7) is 2.84. The maximum atomic E-state index is 10.6. The standard InChI is InChI=1S/C12H15N7O3/c20-19(21)11-3-1-10(2-4-11)9-13-18-12(14-15-16-18)17-5-7-22-8-6-17/h1-4,9,12H,5-8H2,(H,14,16)/b13-9+. The molecule has 3 rings (SSSR count). The number of morpholine rings is 1. The highest BCUT2D eigenvalue weighted by Gasteiger charge is 2.29. The molecule has 10 heteroatoms. The van der Waals surface area contributed by atoms with Crippen molar-refractivity contribution in [3.63, 3.8) is 0 Å². The van der Waals surface area contributed by atoms with Gasteiger partial charge in [0.25, 0.3) is 5.69 Å². The Hall–Kier alpha value is -2.59. The summed E-state index contributed by atoms with van der Waals surface area (Å²) in [7, 11) is 0. The van der Waals surface area contributed by atoms with E-state index < -0.39 is 4.92 Å². The first-order valence-corrected chi connectivity index (χ1v) is 6.79. The first-order chi connectivity index (χ1) is 10.7. The lowest BCUT2D eigenvalue weighted by Gasteiger charge is -2.32. The lowest BCUT2D eigenvalue weighted by molar-refractivity contribution is -0.384. The molecule has 0 aliphatic carbocycles. The van der Waals surface area contributed by atoms with Gasteiger partial charge in [-0.3, -0.25) is 15.0 Å². The molecule has 0 bridgehead atoms. The first kappa shape index (κ1) is 14.4. The molecule has 0 aromatic heterocycles. The van der Waals surface area contributed by atoms with Crippen LogP contribution in [0.25, 0.3) is 0 Å². The van der Waals surface area contributed by atoms with Crippen LogP contribution in [0.5, 0.6) is 0 Å². The third-order valence-corrected chi connectivity index (χ3v) is 3.33. The molecule has 0 amide bonds. The average Bonchev–Trinajstić information content (AvgIpc) is 3.02. The highest BCUT2D eigenvalue weighted by molar-refractivity contribution is 5.79. The monoisotopic (exact) mass is 305 g/mol. The summed E-state index contributed by atoms with van der Waals surface area (Å²) < 4.78 is 5.31. The van der Waals surface area contributed by atoms with Gasteiger partial charge < -0.3 is 4.74 Å². The third-order valence-electron chi connectivity index (χ3n) is 3.33. The van der Waals surface area contributed by atoms with Crippen LogP contribution in [0, 0.1) is 10.1 Å². The van der Waals surface area contributed by atoms with E-state index in [1.807, 2.05) is 0 Å². The Bertz CT molecular complexity index is 583. The second-order valence-corrected chi connectivity index (χ2v) is 4.75. The molecule has 1 saturated heterocycles. The van der Waals surface area contributed by atoms with Crippen molar-refractivity contribution >= 4 is 11.9 Å². The zero-order valence-corrected chi connectivity index (χ0v) is 11.7. The van der Waals surface area contributed by atoms with Gasteiger partial charge in [0.1, 0.15) is 0 Å².